The number of aliphatic imine (C=N–C) groups is 1. The molecule has 0 unspecified atom stereocenters. The van der Waals surface area contributed by atoms with Crippen molar-refractivity contribution in [3.63, 3.8) is 0 Å². The zero-order chi connectivity index (χ0) is 19.8. The first-order valence-corrected chi connectivity index (χ1v) is 10.3. The third kappa shape index (κ3) is 7.53. The molecule has 1 aromatic carbocycles. The first-order chi connectivity index (χ1) is 13.7. The number of nitrogens with one attached hydrogen (secondary N) is 2. The van der Waals surface area contributed by atoms with Crippen LogP contribution in [0.25, 0.3) is 0 Å². The van der Waals surface area contributed by atoms with Crippen molar-refractivity contribution in [1.82, 2.24) is 15.8 Å². The molecule has 1 fully saturated rings. The lowest BCUT2D eigenvalue weighted by Crippen LogP contribution is -2.37. The minimum Gasteiger partial charge on any atom is -0.493 e. The number of hydrogen-bond donors (Lipinski definition) is 2. The number of nitrogens with zero attached hydrogens (tertiary/aromatic N) is 2. The van der Waals surface area contributed by atoms with E-state index < -0.39 is 0 Å². The van der Waals surface area contributed by atoms with Gasteiger partial charge in [0.1, 0.15) is 11.5 Å². The second kappa shape index (κ2) is 12.0. The average molecular weight is 512 g/mol. The molecular formula is C22H33IN4O2. The van der Waals surface area contributed by atoms with Crippen LogP contribution in [0.2, 0.25) is 0 Å². The van der Waals surface area contributed by atoms with Crippen molar-refractivity contribution in [2.45, 2.75) is 53.0 Å². The first-order valence-electron chi connectivity index (χ1n) is 10.3. The summed E-state index contributed by atoms with van der Waals surface area (Å²) < 4.78 is 11.2. The van der Waals surface area contributed by atoms with Crippen molar-refractivity contribution in [2.75, 3.05) is 19.7 Å². The number of rotatable bonds is 10. The van der Waals surface area contributed by atoms with Gasteiger partial charge in [0.25, 0.3) is 0 Å². The molecule has 3 rings (SSSR count). The summed E-state index contributed by atoms with van der Waals surface area (Å²) in [6.45, 7) is 9.13. The number of para-hydroxylation sites is 1. The van der Waals surface area contributed by atoms with Crippen molar-refractivity contribution in [1.29, 1.82) is 0 Å². The minimum absolute atomic E-state index is 0. The Morgan fingerprint density at radius 2 is 2.03 bits per heavy atom. The summed E-state index contributed by atoms with van der Waals surface area (Å²) in [5.74, 6) is 3.44. The smallest absolute Gasteiger partial charge is 0.191 e. The van der Waals surface area contributed by atoms with Gasteiger partial charge in [0.15, 0.2) is 5.96 Å². The molecule has 29 heavy (non-hydrogen) atoms. The predicted molar refractivity (Wildman–Crippen MR) is 127 cm³/mol. The van der Waals surface area contributed by atoms with Crippen LogP contribution in [-0.2, 0) is 13.0 Å². The van der Waals surface area contributed by atoms with Crippen LogP contribution in [-0.4, -0.2) is 30.8 Å². The van der Waals surface area contributed by atoms with Crippen LogP contribution in [0.3, 0.4) is 0 Å². The molecule has 6 nitrogen and oxygen atoms in total. The molecule has 7 heteroatoms. The van der Waals surface area contributed by atoms with Gasteiger partial charge in [0.05, 0.1) is 18.8 Å². The van der Waals surface area contributed by atoms with Crippen LogP contribution < -0.4 is 15.4 Å². The van der Waals surface area contributed by atoms with Crippen molar-refractivity contribution >= 4 is 29.9 Å². The van der Waals surface area contributed by atoms with E-state index >= 15 is 0 Å². The molecule has 1 heterocycles. The fourth-order valence-electron chi connectivity index (χ4n) is 3.10. The van der Waals surface area contributed by atoms with E-state index in [9.17, 15) is 0 Å². The van der Waals surface area contributed by atoms with Gasteiger partial charge in [-0.25, -0.2) is 4.99 Å². The maximum absolute atomic E-state index is 5.99. The zero-order valence-corrected chi connectivity index (χ0v) is 20.0. The predicted octanol–water partition coefficient (Wildman–Crippen LogP) is 4.39. The molecule has 0 saturated heterocycles. The van der Waals surface area contributed by atoms with Crippen LogP contribution in [0.15, 0.2) is 33.8 Å². The molecule has 0 aliphatic heterocycles. The van der Waals surface area contributed by atoms with Crippen LogP contribution in [0.1, 0.15) is 48.8 Å². The Labute approximate surface area is 190 Å². The van der Waals surface area contributed by atoms with Gasteiger partial charge in [-0.2, -0.15) is 0 Å². The fraction of sp³-hybridized carbons (Fsp3) is 0.545. The van der Waals surface area contributed by atoms with E-state index in [1.54, 1.807) is 0 Å². The van der Waals surface area contributed by atoms with Gasteiger partial charge in [-0.05, 0) is 58.4 Å². The van der Waals surface area contributed by atoms with Gasteiger partial charge in [0, 0.05) is 24.2 Å². The van der Waals surface area contributed by atoms with E-state index in [1.807, 2.05) is 32.0 Å². The van der Waals surface area contributed by atoms with E-state index in [4.69, 9.17) is 14.3 Å². The molecule has 1 aliphatic rings. The van der Waals surface area contributed by atoms with Gasteiger partial charge in [-0.15, -0.1) is 24.0 Å². The highest BCUT2D eigenvalue weighted by atomic mass is 127. The average Bonchev–Trinajstić information content (AvgIpc) is 3.48. The standard InChI is InChI=1S/C22H32N4O2.HI/c1-4-23-22(24-13-7-9-20-16(2)26-28-17(20)3)25-14-19-8-5-6-10-21(19)27-15-18-11-12-18;/h5-6,8,10,18H,4,7,9,11-15H2,1-3H3,(H2,23,24,25);1H. The molecule has 2 aromatic rings. The number of guanidine groups is 1. The van der Waals surface area contributed by atoms with Crippen LogP contribution in [0.4, 0.5) is 0 Å². The van der Waals surface area contributed by atoms with Gasteiger partial charge >= 0.3 is 0 Å². The van der Waals surface area contributed by atoms with Crippen LogP contribution >= 0.6 is 24.0 Å². The quantitative estimate of drug-likeness (QED) is 0.214. The SMILES string of the molecule is CCNC(=NCc1ccccc1OCC1CC1)NCCCc1c(C)noc1C.I. The summed E-state index contributed by atoms with van der Waals surface area (Å²) in [4.78, 5) is 4.74. The highest BCUT2D eigenvalue weighted by molar-refractivity contribution is 14.0. The molecule has 160 valence electrons. The highest BCUT2D eigenvalue weighted by Gasteiger charge is 2.22. The second-order valence-corrected chi connectivity index (χ2v) is 7.39. The lowest BCUT2D eigenvalue weighted by atomic mass is 10.1. The van der Waals surface area contributed by atoms with Crippen LogP contribution in [0.5, 0.6) is 5.75 Å². The summed E-state index contributed by atoms with van der Waals surface area (Å²) in [7, 11) is 0. The first kappa shape index (κ1) is 23.5. The van der Waals surface area contributed by atoms with Gasteiger partial charge in [0.2, 0.25) is 0 Å². The van der Waals surface area contributed by atoms with Crippen molar-refractivity contribution in [3.8, 4) is 5.75 Å². The monoisotopic (exact) mass is 512 g/mol. The lowest BCUT2D eigenvalue weighted by Gasteiger charge is -2.13. The minimum atomic E-state index is 0. The number of benzene rings is 1. The molecule has 0 spiro atoms. The molecule has 0 atom stereocenters. The number of ether oxygens (including phenoxy) is 1. The molecule has 0 amide bonds. The Kier molecular flexibility index (Phi) is 9.76. The molecule has 1 aliphatic carbocycles. The summed E-state index contributed by atoms with van der Waals surface area (Å²) in [5, 5.41) is 10.8. The van der Waals surface area contributed by atoms with E-state index in [0.717, 1.165) is 67.2 Å². The third-order valence-corrected chi connectivity index (χ3v) is 4.97. The van der Waals surface area contributed by atoms with Gasteiger partial charge in [-0.3, -0.25) is 0 Å². The number of hydrogen-bond acceptors (Lipinski definition) is 4. The molecule has 0 radical (unpaired) electrons. The maximum Gasteiger partial charge on any atom is 0.191 e. The summed E-state index contributed by atoms with van der Waals surface area (Å²) in [6.07, 6.45) is 4.53. The van der Waals surface area contributed by atoms with E-state index in [0.29, 0.717) is 6.54 Å². The van der Waals surface area contributed by atoms with Crippen molar-refractivity contribution in [2.24, 2.45) is 10.9 Å². The summed E-state index contributed by atoms with van der Waals surface area (Å²) in [5.41, 5.74) is 3.32. The Morgan fingerprint density at radius 1 is 1.24 bits per heavy atom. The number of aromatic nitrogens is 1. The van der Waals surface area contributed by atoms with E-state index in [-0.39, 0.29) is 24.0 Å². The van der Waals surface area contributed by atoms with E-state index in [2.05, 4.69) is 28.8 Å². The highest BCUT2D eigenvalue weighted by Crippen LogP contribution is 2.30. The zero-order valence-electron chi connectivity index (χ0n) is 17.7. The van der Waals surface area contributed by atoms with Crippen LogP contribution in [0, 0.1) is 19.8 Å². The lowest BCUT2D eigenvalue weighted by molar-refractivity contribution is 0.297. The molecule has 1 saturated carbocycles. The Balaban J connectivity index is 0.00000300. The van der Waals surface area contributed by atoms with Crippen molar-refractivity contribution < 1.29 is 9.26 Å². The van der Waals surface area contributed by atoms with Crippen molar-refractivity contribution in [3.05, 3.63) is 46.8 Å². The topological polar surface area (TPSA) is 71.7 Å². The maximum atomic E-state index is 5.99. The molecule has 1 aromatic heterocycles. The molecule has 2 N–H and O–H groups in total. The van der Waals surface area contributed by atoms with Gasteiger partial charge < -0.3 is 19.9 Å². The summed E-state index contributed by atoms with van der Waals surface area (Å²) in [6, 6.07) is 8.19. The number of aryl methyl sites for hydroxylation is 2. The Bertz CT molecular complexity index is 767. The Morgan fingerprint density at radius 3 is 2.72 bits per heavy atom. The Hall–Kier alpha value is -1.77. The third-order valence-electron chi connectivity index (χ3n) is 4.97. The van der Waals surface area contributed by atoms with E-state index in [1.165, 1.54) is 18.4 Å². The number of halogens is 1. The normalized spacial score (nSPS) is 13.7. The molecule has 0 bridgehead atoms. The fourth-order valence-corrected chi connectivity index (χ4v) is 3.10. The van der Waals surface area contributed by atoms with Gasteiger partial charge in [-0.1, -0.05) is 23.4 Å². The summed E-state index contributed by atoms with van der Waals surface area (Å²) >= 11 is 0. The molecular weight excluding hydrogens is 479 g/mol. The largest absolute Gasteiger partial charge is 0.493 e. The second-order valence-electron chi connectivity index (χ2n) is 7.39.